The van der Waals surface area contributed by atoms with Gasteiger partial charge in [0.15, 0.2) is 8.32 Å². The highest BCUT2D eigenvalue weighted by Gasteiger charge is 2.38. The van der Waals surface area contributed by atoms with Gasteiger partial charge in [-0.1, -0.05) is 45.6 Å². The predicted octanol–water partition coefficient (Wildman–Crippen LogP) is 4.38. The van der Waals surface area contributed by atoms with E-state index in [0.717, 1.165) is 18.4 Å². The van der Waals surface area contributed by atoms with Gasteiger partial charge in [-0.2, -0.15) is 0 Å². The van der Waals surface area contributed by atoms with E-state index < -0.39 is 8.32 Å². The van der Waals surface area contributed by atoms with Gasteiger partial charge < -0.3 is 9.16 Å². The first-order valence-electron chi connectivity index (χ1n) is 7.49. The number of carbonyl (C=O) groups is 1. The molecule has 0 saturated heterocycles. The Morgan fingerprint density at radius 2 is 2.14 bits per heavy atom. The molecule has 0 amide bonds. The van der Waals surface area contributed by atoms with Gasteiger partial charge in [-0.3, -0.25) is 0 Å². The minimum absolute atomic E-state index is 0.0560. The number of hydrogen-bond donors (Lipinski definition) is 0. The fourth-order valence-electron chi connectivity index (χ4n) is 1.84. The van der Waals surface area contributed by atoms with Crippen LogP contribution in [0.4, 0.5) is 0 Å². The molecule has 0 bridgehead atoms. The van der Waals surface area contributed by atoms with Crippen LogP contribution in [0.2, 0.25) is 18.1 Å². The van der Waals surface area contributed by atoms with E-state index in [2.05, 4.69) is 46.5 Å². The van der Waals surface area contributed by atoms with E-state index in [1.807, 2.05) is 6.08 Å². The molecule has 0 fully saturated rings. The number of rotatable bonds is 7. The molecule has 1 atom stereocenters. The van der Waals surface area contributed by atoms with Gasteiger partial charge in [0.1, 0.15) is 6.61 Å². The summed E-state index contributed by atoms with van der Waals surface area (Å²) in [6.07, 6.45) is 9.10. The zero-order chi connectivity index (χ0) is 16.1. The Labute approximate surface area is 129 Å². The van der Waals surface area contributed by atoms with E-state index in [9.17, 15) is 4.79 Å². The topological polar surface area (TPSA) is 35.5 Å². The molecule has 0 aromatic rings. The van der Waals surface area contributed by atoms with E-state index in [0.29, 0.717) is 6.61 Å². The third-order valence-corrected chi connectivity index (χ3v) is 8.69. The molecule has 1 aliphatic heterocycles. The molecule has 0 N–H and O–H groups in total. The standard InChI is InChI=1S/C17H28O3Si/c1-7-8-9-15(20-21(5,6)17(2,3)4)11-10-14-12-16(18)19-13-14/h7-9,12,15H,1,10-11,13H2,2-6H3/b9-8+/t15-/m1/s1. The normalized spacial score (nSPS) is 17.8. The monoisotopic (exact) mass is 308 g/mol. The highest BCUT2D eigenvalue weighted by atomic mass is 28.4. The first-order chi connectivity index (χ1) is 9.65. The smallest absolute Gasteiger partial charge is 0.331 e. The van der Waals surface area contributed by atoms with Crippen molar-refractivity contribution in [3.05, 3.63) is 36.5 Å². The van der Waals surface area contributed by atoms with Crippen LogP contribution in [0.5, 0.6) is 0 Å². The maximum atomic E-state index is 11.1. The highest BCUT2D eigenvalue weighted by Crippen LogP contribution is 2.38. The lowest BCUT2D eigenvalue weighted by Crippen LogP contribution is -2.43. The Morgan fingerprint density at radius 1 is 1.48 bits per heavy atom. The molecule has 0 aliphatic carbocycles. The maximum Gasteiger partial charge on any atom is 0.331 e. The summed E-state index contributed by atoms with van der Waals surface area (Å²) in [5, 5.41) is 0.180. The zero-order valence-corrected chi connectivity index (χ0v) is 14.9. The second-order valence-corrected chi connectivity index (χ2v) is 11.7. The van der Waals surface area contributed by atoms with Gasteiger partial charge in [0.05, 0.1) is 6.10 Å². The van der Waals surface area contributed by atoms with Crippen LogP contribution < -0.4 is 0 Å². The Balaban J connectivity index is 2.68. The Hall–Kier alpha value is -1.13. The molecule has 0 aromatic heterocycles. The van der Waals surface area contributed by atoms with Crippen molar-refractivity contribution in [2.45, 2.75) is 57.8 Å². The summed E-state index contributed by atoms with van der Waals surface area (Å²) in [5.74, 6) is -0.228. The largest absolute Gasteiger partial charge is 0.458 e. The van der Waals surface area contributed by atoms with Crippen molar-refractivity contribution in [2.75, 3.05) is 6.61 Å². The van der Waals surface area contributed by atoms with Crippen LogP contribution in [0.15, 0.2) is 36.5 Å². The number of allylic oxidation sites excluding steroid dienone is 2. The van der Waals surface area contributed by atoms with Crippen molar-refractivity contribution in [3.8, 4) is 0 Å². The molecule has 4 heteroatoms. The second kappa shape index (κ2) is 7.23. The summed E-state index contributed by atoms with van der Waals surface area (Å²) in [6, 6.07) is 0. The average molecular weight is 308 g/mol. The minimum Gasteiger partial charge on any atom is -0.458 e. The maximum absolute atomic E-state index is 11.1. The van der Waals surface area contributed by atoms with Crippen molar-refractivity contribution in [1.82, 2.24) is 0 Å². The van der Waals surface area contributed by atoms with Gasteiger partial charge in [-0.25, -0.2) is 4.79 Å². The van der Waals surface area contributed by atoms with Gasteiger partial charge in [-0.15, -0.1) is 0 Å². The molecule has 0 saturated carbocycles. The Morgan fingerprint density at radius 3 is 2.62 bits per heavy atom. The molecule has 0 radical (unpaired) electrons. The summed E-state index contributed by atoms with van der Waals surface area (Å²) >= 11 is 0. The molecule has 3 nitrogen and oxygen atoms in total. The Kier molecular flexibility index (Phi) is 6.17. The molecule has 1 heterocycles. The van der Waals surface area contributed by atoms with E-state index in [1.54, 1.807) is 12.2 Å². The molecule has 1 rings (SSSR count). The molecule has 0 unspecified atom stereocenters. The lowest BCUT2D eigenvalue weighted by atomic mass is 10.1. The first kappa shape index (κ1) is 17.9. The average Bonchev–Trinajstić information content (AvgIpc) is 2.77. The molecular formula is C17H28O3Si. The third-order valence-electron chi connectivity index (χ3n) is 4.19. The summed E-state index contributed by atoms with van der Waals surface area (Å²) < 4.78 is 11.4. The number of ether oxygens (including phenoxy) is 1. The van der Waals surface area contributed by atoms with Gasteiger partial charge in [0.2, 0.25) is 0 Å². The van der Waals surface area contributed by atoms with E-state index in [4.69, 9.17) is 9.16 Å². The van der Waals surface area contributed by atoms with Crippen molar-refractivity contribution in [2.24, 2.45) is 0 Å². The van der Waals surface area contributed by atoms with Gasteiger partial charge >= 0.3 is 5.97 Å². The second-order valence-electron chi connectivity index (χ2n) is 6.99. The van der Waals surface area contributed by atoms with Crippen LogP contribution >= 0.6 is 0 Å². The molecule has 118 valence electrons. The molecular weight excluding hydrogens is 280 g/mol. The van der Waals surface area contributed by atoms with Gasteiger partial charge in [-0.05, 0) is 36.5 Å². The predicted molar refractivity (Wildman–Crippen MR) is 89.7 cm³/mol. The van der Waals surface area contributed by atoms with Crippen molar-refractivity contribution in [3.63, 3.8) is 0 Å². The number of hydrogen-bond acceptors (Lipinski definition) is 3. The molecule has 1 aliphatic rings. The van der Waals surface area contributed by atoms with Crippen LogP contribution in [0.25, 0.3) is 0 Å². The molecule has 0 spiro atoms. The van der Waals surface area contributed by atoms with Crippen molar-refractivity contribution in [1.29, 1.82) is 0 Å². The van der Waals surface area contributed by atoms with Gasteiger partial charge in [0, 0.05) is 6.08 Å². The summed E-state index contributed by atoms with van der Waals surface area (Å²) in [5.41, 5.74) is 1.05. The minimum atomic E-state index is -1.81. The number of esters is 1. The van der Waals surface area contributed by atoms with Crippen molar-refractivity contribution < 1.29 is 14.0 Å². The third kappa shape index (κ3) is 5.63. The first-order valence-corrected chi connectivity index (χ1v) is 10.4. The van der Waals surface area contributed by atoms with Crippen LogP contribution in [0.3, 0.4) is 0 Å². The summed E-state index contributed by atoms with van der Waals surface area (Å²) in [6.45, 7) is 15.4. The number of cyclic esters (lactones) is 1. The van der Waals surface area contributed by atoms with E-state index in [1.165, 1.54) is 0 Å². The fraction of sp³-hybridized carbons (Fsp3) is 0.588. The Bertz CT molecular complexity index is 441. The van der Waals surface area contributed by atoms with Gasteiger partial charge in [0.25, 0.3) is 0 Å². The molecule has 0 aromatic carbocycles. The number of carbonyl (C=O) groups excluding carboxylic acids is 1. The highest BCUT2D eigenvalue weighted by molar-refractivity contribution is 6.74. The summed E-state index contributed by atoms with van der Waals surface area (Å²) in [4.78, 5) is 11.1. The molecule has 21 heavy (non-hydrogen) atoms. The SMILES string of the molecule is C=C/C=C/[C@H](CCC1=CC(=O)OC1)O[Si](C)(C)C(C)(C)C. The van der Waals surface area contributed by atoms with Crippen LogP contribution in [0.1, 0.15) is 33.6 Å². The lowest BCUT2D eigenvalue weighted by Gasteiger charge is -2.38. The quantitative estimate of drug-likeness (QED) is 0.398. The van der Waals surface area contributed by atoms with Crippen LogP contribution in [-0.2, 0) is 14.0 Å². The van der Waals surface area contributed by atoms with E-state index >= 15 is 0 Å². The van der Waals surface area contributed by atoms with E-state index in [-0.39, 0.29) is 17.1 Å². The fourth-order valence-corrected chi connectivity index (χ4v) is 3.14. The lowest BCUT2D eigenvalue weighted by molar-refractivity contribution is -0.134. The van der Waals surface area contributed by atoms with Crippen LogP contribution in [-0.4, -0.2) is 27.0 Å². The zero-order valence-electron chi connectivity index (χ0n) is 13.9. The van der Waals surface area contributed by atoms with Crippen LogP contribution in [0, 0.1) is 0 Å². The summed E-state index contributed by atoms with van der Waals surface area (Å²) in [7, 11) is -1.81. The van der Waals surface area contributed by atoms with Crippen molar-refractivity contribution >= 4 is 14.3 Å².